The SMILES string of the molecule is NCCc1cnc(Cc2ccc(Cl)c(Cl)c2)nc1. The van der Waals surface area contributed by atoms with Crippen LogP contribution in [0.3, 0.4) is 0 Å². The van der Waals surface area contributed by atoms with Gasteiger partial charge in [-0.3, -0.25) is 0 Å². The van der Waals surface area contributed by atoms with Crippen LogP contribution in [0.25, 0.3) is 0 Å². The third kappa shape index (κ3) is 3.42. The second kappa shape index (κ2) is 6.14. The summed E-state index contributed by atoms with van der Waals surface area (Å²) in [6.45, 7) is 0.607. The average molecular weight is 282 g/mol. The molecule has 0 atom stereocenters. The van der Waals surface area contributed by atoms with Crippen molar-refractivity contribution in [2.24, 2.45) is 5.73 Å². The Labute approximate surface area is 116 Å². The second-order valence-corrected chi connectivity index (χ2v) is 4.79. The summed E-state index contributed by atoms with van der Waals surface area (Å²) in [4.78, 5) is 8.60. The molecule has 0 aliphatic carbocycles. The van der Waals surface area contributed by atoms with Crippen molar-refractivity contribution in [3.05, 3.63) is 57.6 Å². The van der Waals surface area contributed by atoms with Crippen LogP contribution < -0.4 is 5.73 Å². The van der Waals surface area contributed by atoms with Gasteiger partial charge >= 0.3 is 0 Å². The lowest BCUT2D eigenvalue weighted by atomic mass is 10.1. The van der Waals surface area contributed by atoms with E-state index < -0.39 is 0 Å². The molecule has 0 aliphatic heterocycles. The van der Waals surface area contributed by atoms with Crippen LogP contribution in [-0.4, -0.2) is 16.5 Å². The van der Waals surface area contributed by atoms with E-state index in [2.05, 4.69) is 9.97 Å². The maximum Gasteiger partial charge on any atom is 0.132 e. The summed E-state index contributed by atoms with van der Waals surface area (Å²) in [5.74, 6) is 0.758. The van der Waals surface area contributed by atoms with Gasteiger partial charge in [0.15, 0.2) is 0 Å². The first-order valence-corrected chi connectivity index (χ1v) is 6.38. The molecule has 3 nitrogen and oxygen atoms in total. The van der Waals surface area contributed by atoms with E-state index in [-0.39, 0.29) is 0 Å². The normalized spacial score (nSPS) is 10.6. The summed E-state index contributed by atoms with van der Waals surface area (Å²) in [7, 11) is 0. The van der Waals surface area contributed by atoms with Crippen LogP contribution in [0.1, 0.15) is 17.0 Å². The van der Waals surface area contributed by atoms with Crippen molar-refractivity contribution in [3.63, 3.8) is 0 Å². The number of benzene rings is 1. The zero-order chi connectivity index (χ0) is 13.0. The molecular weight excluding hydrogens is 269 g/mol. The van der Waals surface area contributed by atoms with Gasteiger partial charge in [0.05, 0.1) is 10.0 Å². The summed E-state index contributed by atoms with van der Waals surface area (Å²) < 4.78 is 0. The van der Waals surface area contributed by atoms with Gasteiger partial charge in [-0.2, -0.15) is 0 Å². The molecule has 2 aromatic rings. The van der Waals surface area contributed by atoms with Crippen molar-refractivity contribution in [2.45, 2.75) is 12.8 Å². The minimum absolute atomic E-state index is 0.550. The maximum atomic E-state index is 5.96. The zero-order valence-electron chi connectivity index (χ0n) is 9.74. The van der Waals surface area contributed by atoms with Crippen LogP contribution in [0.4, 0.5) is 0 Å². The third-order valence-electron chi connectivity index (χ3n) is 2.54. The number of nitrogens with two attached hydrogens (primary N) is 1. The molecule has 2 rings (SSSR count). The molecule has 5 heteroatoms. The Morgan fingerprint density at radius 1 is 1.00 bits per heavy atom. The lowest BCUT2D eigenvalue weighted by Gasteiger charge is -2.03. The van der Waals surface area contributed by atoms with Crippen LogP contribution in [0, 0.1) is 0 Å². The smallest absolute Gasteiger partial charge is 0.132 e. The molecule has 0 aliphatic rings. The fourth-order valence-corrected chi connectivity index (χ4v) is 1.92. The van der Waals surface area contributed by atoms with Crippen LogP contribution in [0.15, 0.2) is 30.6 Å². The number of hydrogen-bond acceptors (Lipinski definition) is 3. The molecule has 0 saturated heterocycles. The quantitative estimate of drug-likeness (QED) is 0.938. The van der Waals surface area contributed by atoms with E-state index in [0.29, 0.717) is 23.0 Å². The van der Waals surface area contributed by atoms with Crippen molar-refractivity contribution in [2.75, 3.05) is 6.54 Å². The number of hydrogen-bond donors (Lipinski definition) is 1. The predicted octanol–water partition coefficient (Wildman–Crippen LogP) is 2.88. The highest BCUT2D eigenvalue weighted by Gasteiger charge is 2.03. The molecule has 1 heterocycles. The summed E-state index contributed by atoms with van der Waals surface area (Å²) in [6.07, 6.45) is 5.06. The molecule has 2 N–H and O–H groups in total. The standard InChI is InChI=1S/C13H13Cl2N3/c14-11-2-1-9(5-12(11)15)6-13-17-7-10(3-4-16)8-18-13/h1-2,5,7-8H,3-4,6,16H2. The van der Waals surface area contributed by atoms with Crippen molar-refractivity contribution in [1.82, 2.24) is 9.97 Å². The second-order valence-electron chi connectivity index (χ2n) is 3.97. The minimum atomic E-state index is 0.550. The Hall–Kier alpha value is -1.16. The van der Waals surface area contributed by atoms with Crippen molar-refractivity contribution in [3.8, 4) is 0 Å². The first-order valence-electron chi connectivity index (χ1n) is 5.63. The van der Waals surface area contributed by atoms with E-state index in [4.69, 9.17) is 28.9 Å². The molecule has 0 fully saturated rings. The fourth-order valence-electron chi connectivity index (χ4n) is 1.60. The molecule has 18 heavy (non-hydrogen) atoms. The molecule has 0 unspecified atom stereocenters. The number of rotatable bonds is 4. The van der Waals surface area contributed by atoms with Gasteiger partial charge in [-0.05, 0) is 36.2 Å². The van der Waals surface area contributed by atoms with E-state index >= 15 is 0 Å². The molecule has 0 radical (unpaired) electrons. The first kappa shape index (κ1) is 13.3. The van der Waals surface area contributed by atoms with Gasteiger partial charge in [-0.1, -0.05) is 29.3 Å². The van der Waals surface area contributed by atoms with E-state index in [9.17, 15) is 0 Å². The molecule has 1 aromatic heterocycles. The molecule has 0 amide bonds. The van der Waals surface area contributed by atoms with Crippen LogP contribution in [0.5, 0.6) is 0 Å². The summed E-state index contributed by atoms with van der Waals surface area (Å²) in [5, 5.41) is 1.11. The minimum Gasteiger partial charge on any atom is -0.330 e. The van der Waals surface area contributed by atoms with Gasteiger partial charge in [-0.15, -0.1) is 0 Å². The fraction of sp³-hybridized carbons (Fsp3) is 0.231. The van der Waals surface area contributed by atoms with Crippen molar-refractivity contribution >= 4 is 23.2 Å². The van der Waals surface area contributed by atoms with E-state index in [1.165, 1.54) is 0 Å². The van der Waals surface area contributed by atoms with Crippen LogP contribution in [0.2, 0.25) is 10.0 Å². The van der Waals surface area contributed by atoms with Crippen LogP contribution >= 0.6 is 23.2 Å². The van der Waals surface area contributed by atoms with Gasteiger partial charge in [0.25, 0.3) is 0 Å². The van der Waals surface area contributed by atoms with Crippen molar-refractivity contribution in [1.29, 1.82) is 0 Å². The number of nitrogens with zero attached hydrogens (tertiary/aromatic N) is 2. The van der Waals surface area contributed by atoms with E-state index in [1.54, 1.807) is 6.07 Å². The van der Waals surface area contributed by atoms with Gasteiger partial charge in [0, 0.05) is 18.8 Å². The summed E-state index contributed by atoms with van der Waals surface area (Å²) in [6, 6.07) is 5.54. The zero-order valence-corrected chi connectivity index (χ0v) is 11.2. The Bertz CT molecular complexity index is 526. The van der Waals surface area contributed by atoms with Crippen LogP contribution in [-0.2, 0) is 12.8 Å². The first-order chi connectivity index (χ1) is 8.69. The average Bonchev–Trinajstić information content (AvgIpc) is 2.37. The largest absolute Gasteiger partial charge is 0.330 e. The Morgan fingerprint density at radius 3 is 2.33 bits per heavy atom. The lowest BCUT2D eigenvalue weighted by Crippen LogP contribution is -2.04. The molecule has 1 aromatic carbocycles. The van der Waals surface area contributed by atoms with Gasteiger partial charge in [-0.25, -0.2) is 9.97 Å². The third-order valence-corrected chi connectivity index (χ3v) is 3.28. The number of aromatic nitrogens is 2. The van der Waals surface area contributed by atoms with Gasteiger partial charge < -0.3 is 5.73 Å². The lowest BCUT2D eigenvalue weighted by molar-refractivity contribution is 0.901. The molecular formula is C13H13Cl2N3. The number of halogens is 2. The van der Waals surface area contributed by atoms with E-state index in [0.717, 1.165) is 23.4 Å². The summed E-state index contributed by atoms with van der Waals surface area (Å²) >= 11 is 11.8. The molecule has 0 spiro atoms. The summed E-state index contributed by atoms with van der Waals surface area (Å²) in [5.41, 5.74) is 7.56. The van der Waals surface area contributed by atoms with Gasteiger partial charge in [0.2, 0.25) is 0 Å². The molecule has 94 valence electrons. The predicted molar refractivity (Wildman–Crippen MR) is 74.1 cm³/mol. The molecule has 0 saturated carbocycles. The van der Waals surface area contributed by atoms with E-state index in [1.807, 2.05) is 24.5 Å². The Morgan fingerprint density at radius 2 is 1.72 bits per heavy atom. The highest BCUT2D eigenvalue weighted by molar-refractivity contribution is 6.42. The topological polar surface area (TPSA) is 51.8 Å². The highest BCUT2D eigenvalue weighted by Crippen LogP contribution is 2.23. The van der Waals surface area contributed by atoms with Crippen molar-refractivity contribution < 1.29 is 0 Å². The highest BCUT2D eigenvalue weighted by atomic mass is 35.5. The molecule has 0 bridgehead atoms. The monoisotopic (exact) mass is 281 g/mol. The van der Waals surface area contributed by atoms with Gasteiger partial charge in [0.1, 0.15) is 5.82 Å². The Balaban J connectivity index is 2.10. The maximum absolute atomic E-state index is 5.96. The Kier molecular flexibility index (Phi) is 4.53.